The number of methoxy groups -OCH3 is 1. The Kier molecular flexibility index (Phi) is 7.01. The molecule has 2 unspecified atom stereocenters. The highest BCUT2D eigenvalue weighted by Crippen LogP contribution is 2.49. The van der Waals surface area contributed by atoms with Gasteiger partial charge in [-0.3, -0.25) is 9.59 Å². The van der Waals surface area contributed by atoms with Crippen molar-refractivity contribution in [3.63, 3.8) is 0 Å². The molecular formula is C22H20BrClF3NO3. The number of alkyl halides is 5. The van der Waals surface area contributed by atoms with Gasteiger partial charge in [-0.15, -0.1) is 11.6 Å². The first-order valence-corrected chi connectivity index (χ1v) is 10.8. The molecule has 1 amide bonds. The highest BCUT2D eigenvalue weighted by Gasteiger charge is 2.58. The summed E-state index contributed by atoms with van der Waals surface area (Å²) in [6.45, 7) is 0.00607. The van der Waals surface area contributed by atoms with E-state index < -0.39 is 33.5 Å². The molecule has 0 radical (unpaired) electrons. The molecule has 1 aliphatic rings. The minimum absolute atomic E-state index is 0.00607. The molecule has 9 heteroatoms. The van der Waals surface area contributed by atoms with Crippen LogP contribution in [0.5, 0.6) is 0 Å². The summed E-state index contributed by atoms with van der Waals surface area (Å²) in [5.74, 6) is -0.992. The average Bonchev–Trinajstić information content (AvgIpc) is 3.57. The molecule has 2 aromatic carbocycles. The van der Waals surface area contributed by atoms with Gasteiger partial charge in [0.15, 0.2) is 5.38 Å². The number of nitrogens with zero attached hydrogens (tertiary/aromatic N) is 1. The Balaban J connectivity index is 1.93. The average molecular weight is 519 g/mol. The lowest BCUT2D eigenvalue weighted by atomic mass is 10.0. The lowest BCUT2D eigenvalue weighted by Gasteiger charge is -2.36. The molecule has 0 bridgehead atoms. The van der Waals surface area contributed by atoms with Crippen molar-refractivity contribution in [1.29, 1.82) is 0 Å². The maximum atomic E-state index is 13.5. The van der Waals surface area contributed by atoms with Crippen LogP contribution in [0.1, 0.15) is 34.4 Å². The van der Waals surface area contributed by atoms with Crippen molar-refractivity contribution in [3.8, 4) is 0 Å². The van der Waals surface area contributed by atoms with Gasteiger partial charge in [0.25, 0.3) is 0 Å². The lowest BCUT2D eigenvalue weighted by Crippen LogP contribution is -2.50. The van der Waals surface area contributed by atoms with Gasteiger partial charge in [0.2, 0.25) is 5.91 Å². The number of hydrogen-bond acceptors (Lipinski definition) is 3. The quantitative estimate of drug-likeness (QED) is 0.360. The molecule has 0 aliphatic heterocycles. The zero-order chi connectivity index (χ0) is 22.8. The van der Waals surface area contributed by atoms with E-state index in [-0.39, 0.29) is 12.5 Å². The van der Waals surface area contributed by atoms with E-state index in [1.165, 1.54) is 24.1 Å². The molecule has 2 aromatic rings. The summed E-state index contributed by atoms with van der Waals surface area (Å²) in [5.41, 5.74) is -0.531. The fraction of sp³-hybridized carbons (Fsp3) is 0.364. The molecule has 1 aliphatic carbocycles. The van der Waals surface area contributed by atoms with Gasteiger partial charge >= 0.3 is 12.1 Å². The van der Waals surface area contributed by atoms with Crippen molar-refractivity contribution < 1.29 is 27.5 Å². The van der Waals surface area contributed by atoms with E-state index in [0.717, 1.165) is 12.1 Å². The van der Waals surface area contributed by atoms with Crippen molar-refractivity contribution in [2.75, 3.05) is 7.11 Å². The number of benzene rings is 2. The Morgan fingerprint density at radius 1 is 1.13 bits per heavy atom. The van der Waals surface area contributed by atoms with Crippen molar-refractivity contribution in [2.45, 2.75) is 41.3 Å². The van der Waals surface area contributed by atoms with Crippen LogP contribution in [0.3, 0.4) is 0 Å². The van der Waals surface area contributed by atoms with Gasteiger partial charge in [-0.1, -0.05) is 58.4 Å². The zero-order valence-corrected chi connectivity index (χ0v) is 18.9. The predicted octanol–water partition coefficient (Wildman–Crippen LogP) is 5.48. The summed E-state index contributed by atoms with van der Waals surface area (Å²) in [5, 5.41) is -1.09. The van der Waals surface area contributed by atoms with Gasteiger partial charge < -0.3 is 9.64 Å². The van der Waals surface area contributed by atoms with Gasteiger partial charge in [-0.05, 0) is 36.1 Å². The van der Waals surface area contributed by atoms with Crippen molar-refractivity contribution in [1.82, 2.24) is 4.90 Å². The minimum atomic E-state index is -4.45. The first-order chi connectivity index (χ1) is 14.6. The summed E-state index contributed by atoms with van der Waals surface area (Å²) in [6, 6.07) is 13.6. The topological polar surface area (TPSA) is 46.6 Å². The molecule has 0 spiro atoms. The smallest absolute Gasteiger partial charge is 0.416 e. The molecule has 3 rings (SSSR count). The molecule has 4 nitrogen and oxygen atoms in total. The van der Waals surface area contributed by atoms with Crippen LogP contribution in [0.4, 0.5) is 13.2 Å². The van der Waals surface area contributed by atoms with Crippen LogP contribution in [0.2, 0.25) is 0 Å². The molecule has 0 N–H and O–H groups in total. The van der Waals surface area contributed by atoms with Crippen LogP contribution in [0.25, 0.3) is 0 Å². The van der Waals surface area contributed by atoms with Crippen molar-refractivity contribution in [2.24, 2.45) is 0 Å². The fourth-order valence-corrected chi connectivity index (χ4v) is 4.43. The van der Waals surface area contributed by atoms with Crippen LogP contribution in [0, 0.1) is 0 Å². The lowest BCUT2D eigenvalue weighted by molar-refractivity contribution is -0.144. The van der Waals surface area contributed by atoms with Gasteiger partial charge in [-0.2, -0.15) is 13.2 Å². The van der Waals surface area contributed by atoms with Crippen LogP contribution in [0.15, 0.2) is 54.6 Å². The number of amides is 1. The van der Waals surface area contributed by atoms with Crippen LogP contribution < -0.4 is 0 Å². The summed E-state index contributed by atoms with van der Waals surface area (Å²) in [7, 11) is 1.22. The van der Waals surface area contributed by atoms with E-state index >= 15 is 0 Å². The Morgan fingerprint density at radius 2 is 1.71 bits per heavy atom. The Labute approximate surface area is 191 Å². The zero-order valence-electron chi connectivity index (χ0n) is 16.5. The van der Waals surface area contributed by atoms with E-state index in [1.807, 2.05) is 6.07 Å². The molecule has 166 valence electrons. The molecular weight excluding hydrogens is 499 g/mol. The number of halogens is 5. The maximum Gasteiger partial charge on any atom is 0.416 e. The number of esters is 1. The number of rotatable bonds is 7. The van der Waals surface area contributed by atoms with Crippen LogP contribution in [-0.2, 0) is 27.0 Å². The Bertz CT molecular complexity index is 933. The van der Waals surface area contributed by atoms with Crippen LogP contribution in [-0.4, -0.2) is 34.8 Å². The minimum Gasteiger partial charge on any atom is -0.468 e. The summed E-state index contributed by atoms with van der Waals surface area (Å²) < 4.78 is 43.5. The third kappa shape index (κ3) is 5.06. The van der Waals surface area contributed by atoms with Gasteiger partial charge in [0.05, 0.1) is 18.2 Å². The first-order valence-electron chi connectivity index (χ1n) is 9.48. The van der Waals surface area contributed by atoms with Gasteiger partial charge in [0, 0.05) is 6.54 Å². The van der Waals surface area contributed by atoms with Crippen molar-refractivity contribution in [3.05, 3.63) is 71.3 Å². The van der Waals surface area contributed by atoms with E-state index in [9.17, 15) is 22.8 Å². The predicted molar refractivity (Wildman–Crippen MR) is 114 cm³/mol. The second kappa shape index (κ2) is 9.20. The summed E-state index contributed by atoms with van der Waals surface area (Å²) in [4.78, 5) is 26.4. The molecule has 0 aromatic heterocycles. The van der Waals surface area contributed by atoms with E-state index in [2.05, 4.69) is 15.9 Å². The number of ether oxygens (including phenoxy) is 1. The molecule has 1 fully saturated rings. The van der Waals surface area contributed by atoms with Gasteiger partial charge in [-0.25, -0.2) is 0 Å². The highest BCUT2D eigenvalue weighted by atomic mass is 79.9. The SMILES string of the molecule is COC(=O)C(Cl)C1(N(Cc2ccc(C(F)(F)F)cc2)C(=O)C(Br)c2ccccc2)CC1. The summed E-state index contributed by atoms with van der Waals surface area (Å²) in [6.07, 6.45) is -3.49. The third-order valence-electron chi connectivity index (χ3n) is 5.38. The second-order valence-electron chi connectivity index (χ2n) is 7.38. The van der Waals surface area contributed by atoms with E-state index in [1.54, 1.807) is 24.3 Å². The number of hydrogen-bond donors (Lipinski definition) is 0. The standard InChI is InChI=1S/C22H20BrClF3NO3/c1-31-20(30)18(24)21(11-12-21)28(19(29)17(23)15-5-3-2-4-6-15)13-14-7-9-16(10-8-14)22(25,26)27/h2-10,17-18H,11-13H2,1H3. The van der Waals surface area contributed by atoms with E-state index in [4.69, 9.17) is 16.3 Å². The maximum absolute atomic E-state index is 13.5. The fourth-order valence-electron chi connectivity index (χ4n) is 3.45. The largest absolute Gasteiger partial charge is 0.468 e. The molecule has 0 saturated heterocycles. The molecule has 1 saturated carbocycles. The van der Waals surface area contributed by atoms with E-state index in [0.29, 0.717) is 24.0 Å². The Hall–Kier alpha value is -2.06. The van der Waals surface area contributed by atoms with Gasteiger partial charge in [0.1, 0.15) is 4.83 Å². The van der Waals surface area contributed by atoms with Crippen molar-refractivity contribution >= 4 is 39.4 Å². The monoisotopic (exact) mass is 517 g/mol. The molecule has 0 heterocycles. The highest BCUT2D eigenvalue weighted by molar-refractivity contribution is 9.09. The third-order valence-corrected chi connectivity index (χ3v) is 6.88. The Morgan fingerprint density at radius 3 is 2.19 bits per heavy atom. The van der Waals surface area contributed by atoms with Crippen LogP contribution >= 0.6 is 27.5 Å². The first kappa shape index (κ1) is 23.6. The normalized spacial score (nSPS) is 16.8. The molecule has 2 atom stereocenters. The number of carbonyl (C=O) groups is 2. The molecule has 31 heavy (non-hydrogen) atoms. The summed E-state index contributed by atoms with van der Waals surface area (Å²) >= 11 is 9.82. The second-order valence-corrected chi connectivity index (χ2v) is 8.73. The number of carbonyl (C=O) groups excluding carboxylic acids is 2.